The van der Waals surface area contributed by atoms with E-state index in [4.69, 9.17) is 4.74 Å². The van der Waals surface area contributed by atoms with E-state index in [1.165, 1.54) is 98.9 Å². The second-order valence-corrected chi connectivity index (χ2v) is 13.9. The first-order valence-corrected chi connectivity index (χ1v) is 16.7. The zero-order valence-electron chi connectivity index (χ0n) is 26.2. The van der Waals surface area contributed by atoms with Gasteiger partial charge in [0.05, 0.1) is 10.8 Å². The molecule has 0 saturated heterocycles. The lowest BCUT2D eigenvalue weighted by Crippen LogP contribution is -2.71. The third-order valence-electron chi connectivity index (χ3n) is 11.7. The molecule has 1 atom stereocenters. The van der Waals surface area contributed by atoms with Crippen molar-refractivity contribution in [1.29, 1.82) is 0 Å². The van der Waals surface area contributed by atoms with E-state index >= 15 is 0 Å². The third kappa shape index (κ3) is 2.32. The van der Waals surface area contributed by atoms with Gasteiger partial charge < -0.3 is 4.74 Å². The maximum atomic E-state index is 6.95. The Balaban J connectivity index is 1.34. The Kier molecular flexibility index (Phi) is 3.76. The van der Waals surface area contributed by atoms with E-state index in [1.807, 2.05) is 0 Å². The van der Waals surface area contributed by atoms with E-state index in [0.29, 0.717) is 0 Å². The number of imidazole rings is 2. The zero-order chi connectivity index (χ0) is 31.2. The van der Waals surface area contributed by atoms with Gasteiger partial charge in [-0.25, -0.2) is 0 Å². The molecule has 0 amide bonds. The van der Waals surface area contributed by atoms with Crippen LogP contribution in [0.1, 0.15) is 22.3 Å². The second-order valence-electron chi connectivity index (χ2n) is 13.9. The molecule has 222 valence electrons. The Labute approximate surface area is 273 Å². The van der Waals surface area contributed by atoms with Crippen molar-refractivity contribution < 1.29 is 13.9 Å². The van der Waals surface area contributed by atoms with E-state index in [1.54, 1.807) is 0 Å². The first-order valence-electron chi connectivity index (χ1n) is 16.7. The number of aromatic nitrogens is 4. The summed E-state index contributed by atoms with van der Waals surface area (Å²) in [4.78, 5) is 0. The first kappa shape index (κ1) is 24.0. The van der Waals surface area contributed by atoms with Crippen LogP contribution in [-0.4, -0.2) is 8.80 Å². The predicted molar refractivity (Wildman–Crippen MR) is 189 cm³/mol. The molecular weight excluding hydrogens is 589 g/mol. The van der Waals surface area contributed by atoms with E-state index in [9.17, 15) is 0 Å². The summed E-state index contributed by atoms with van der Waals surface area (Å²) in [5.74, 6) is 1.86. The van der Waals surface area contributed by atoms with Gasteiger partial charge in [0.25, 0.3) is 11.3 Å². The van der Waals surface area contributed by atoms with Crippen LogP contribution in [0.4, 0.5) is 0 Å². The minimum atomic E-state index is -0.643. The van der Waals surface area contributed by atoms with Gasteiger partial charge in [0.2, 0.25) is 0 Å². The molecule has 3 aliphatic rings. The summed E-state index contributed by atoms with van der Waals surface area (Å²) in [7, 11) is 0. The highest BCUT2D eigenvalue weighted by atomic mass is 16.5. The van der Waals surface area contributed by atoms with Crippen molar-refractivity contribution in [3.05, 3.63) is 144 Å². The molecule has 0 saturated carbocycles. The van der Waals surface area contributed by atoms with Crippen molar-refractivity contribution in [2.45, 2.75) is 19.5 Å². The molecule has 7 heterocycles. The van der Waals surface area contributed by atoms with Gasteiger partial charge in [-0.2, -0.15) is 17.9 Å². The van der Waals surface area contributed by atoms with Crippen LogP contribution in [-0.2, 0) is 5.66 Å². The maximum absolute atomic E-state index is 6.95. The molecule has 0 radical (unpaired) electrons. The zero-order valence-corrected chi connectivity index (χ0v) is 26.2. The van der Waals surface area contributed by atoms with Crippen LogP contribution >= 0.6 is 0 Å². The molecule has 3 aliphatic heterocycles. The van der Waals surface area contributed by atoms with Crippen molar-refractivity contribution in [2.24, 2.45) is 0 Å². The quantitative estimate of drug-likeness (QED) is 0.103. The summed E-state index contributed by atoms with van der Waals surface area (Å²) in [5.41, 5.74) is 11.7. The highest BCUT2D eigenvalue weighted by Gasteiger charge is 2.65. The molecule has 48 heavy (non-hydrogen) atoms. The smallest absolute Gasteiger partial charge is 0.315 e. The summed E-state index contributed by atoms with van der Waals surface area (Å²) in [5, 5.41) is 10.0. The van der Waals surface area contributed by atoms with E-state index in [0.717, 1.165) is 11.5 Å². The van der Waals surface area contributed by atoms with Gasteiger partial charge in [-0.05, 0) is 78.2 Å². The van der Waals surface area contributed by atoms with E-state index < -0.39 is 5.66 Å². The minimum Gasteiger partial charge on any atom is -0.456 e. The SMILES string of the molecule is Cc1cccc(C)c1-c1c[n+]2c3c4c5c(ccc4c4cc6ccccc6cc4n13)Oc1ccc3c4ccccc4n4cc[n+]6c4c3c1C562. The molecule has 5 heteroatoms. The van der Waals surface area contributed by atoms with Gasteiger partial charge in [0.15, 0.2) is 5.69 Å². The highest BCUT2D eigenvalue weighted by Crippen LogP contribution is 2.58. The molecule has 1 unspecified atom stereocenters. The van der Waals surface area contributed by atoms with Gasteiger partial charge in [-0.15, -0.1) is 0 Å². The van der Waals surface area contributed by atoms with E-state index in [-0.39, 0.29) is 0 Å². The van der Waals surface area contributed by atoms with Crippen molar-refractivity contribution in [2.75, 3.05) is 0 Å². The van der Waals surface area contributed by atoms with Crippen molar-refractivity contribution >= 4 is 65.4 Å². The van der Waals surface area contributed by atoms with Crippen molar-refractivity contribution in [3.63, 3.8) is 0 Å². The number of fused-ring (bicyclic) bond motifs is 7. The number of pyridine rings is 2. The second kappa shape index (κ2) is 7.50. The van der Waals surface area contributed by atoms with Crippen molar-refractivity contribution in [1.82, 2.24) is 8.80 Å². The average molecular weight is 615 g/mol. The standard InChI is InChI=1S/C43H26N4O/c1-23-8-7-9-24(2)36(23)33-22-46-42-38-29(30-20-25-10-3-4-11-26(25)21-32(30)47(33)42)15-17-35-40(38)43(46)39-34(48-35)16-14-28-27-12-5-6-13-31(27)44-18-19-45(43)41(44)37(28)39/h3-22H,1-2H3/q+2. The summed E-state index contributed by atoms with van der Waals surface area (Å²) in [6.45, 7) is 4.49. The number of nitrogens with zero attached hydrogens (tertiary/aromatic N) is 4. The van der Waals surface area contributed by atoms with Gasteiger partial charge in [0, 0.05) is 27.1 Å². The fourth-order valence-electron chi connectivity index (χ4n) is 9.99. The summed E-state index contributed by atoms with van der Waals surface area (Å²) >= 11 is 0. The number of para-hydroxylation sites is 1. The predicted octanol–water partition coefficient (Wildman–Crippen LogP) is 8.85. The average Bonchev–Trinajstić information content (AvgIpc) is 3.86. The summed E-state index contributed by atoms with van der Waals surface area (Å²) in [6, 6.07) is 38.0. The Morgan fingerprint density at radius 2 is 1.29 bits per heavy atom. The third-order valence-corrected chi connectivity index (χ3v) is 11.7. The number of hydrogen-bond acceptors (Lipinski definition) is 1. The molecule has 13 rings (SSSR count). The molecule has 0 aliphatic carbocycles. The minimum absolute atomic E-state index is 0.643. The van der Waals surface area contributed by atoms with Crippen LogP contribution in [0.25, 0.3) is 76.7 Å². The monoisotopic (exact) mass is 614 g/mol. The first-order chi connectivity index (χ1) is 23.6. The highest BCUT2D eigenvalue weighted by molar-refractivity contribution is 6.19. The number of hydrogen-bond donors (Lipinski definition) is 0. The van der Waals surface area contributed by atoms with Crippen LogP contribution in [0.3, 0.4) is 0 Å². The van der Waals surface area contributed by atoms with Crippen LogP contribution < -0.4 is 13.9 Å². The fourth-order valence-corrected chi connectivity index (χ4v) is 9.99. The van der Waals surface area contributed by atoms with Gasteiger partial charge in [0.1, 0.15) is 52.2 Å². The lowest BCUT2D eigenvalue weighted by atomic mass is 9.85. The van der Waals surface area contributed by atoms with Crippen LogP contribution in [0, 0.1) is 13.8 Å². The molecular formula is C43H26N4O+2. The summed E-state index contributed by atoms with van der Waals surface area (Å²) in [6.07, 6.45) is 7.00. The summed E-state index contributed by atoms with van der Waals surface area (Å²) < 4.78 is 17.0. The van der Waals surface area contributed by atoms with Crippen molar-refractivity contribution in [3.8, 4) is 22.8 Å². The molecule has 0 N–H and O–H groups in total. The van der Waals surface area contributed by atoms with Crippen LogP contribution in [0.2, 0.25) is 0 Å². The van der Waals surface area contributed by atoms with Gasteiger partial charge in [-0.1, -0.05) is 60.7 Å². The van der Waals surface area contributed by atoms with Gasteiger partial charge in [-0.3, -0.25) is 0 Å². The van der Waals surface area contributed by atoms with E-state index in [2.05, 4.69) is 154 Å². The number of aryl methyl sites for hydroxylation is 2. The lowest BCUT2D eigenvalue weighted by Gasteiger charge is -2.30. The molecule has 5 nitrogen and oxygen atoms in total. The Morgan fingerprint density at radius 1 is 0.604 bits per heavy atom. The number of benzene rings is 6. The molecule has 0 fully saturated rings. The number of rotatable bonds is 1. The normalized spacial score (nSPS) is 16.8. The maximum Gasteiger partial charge on any atom is 0.315 e. The lowest BCUT2D eigenvalue weighted by molar-refractivity contribution is -0.944. The Bertz CT molecular complexity index is 3220. The largest absolute Gasteiger partial charge is 0.456 e. The molecule has 10 aromatic rings. The fraction of sp³-hybridized carbons (Fsp3) is 0.0698. The molecule has 0 bridgehead atoms. The Morgan fingerprint density at radius 3 is 2.08 bits per heavy atom. The molecule has 4 aromatic heterocycles. The number of ether oxygens (including phenoxy) is 1. The van der Waals surface area contributed by atoms with Crippen LogP contribution in [0.15, 0.2) is 122 Å². The Hall–Kier alpha value is -6.20. The van der Waals surface area contributed by atoms with Crippen LogP contribution in [0.5, 0.6) is 11.5 Å². The molecule has 1 spiro atoms. The molecule has 6 aromatic carbocycles. The van der Waals surface area contributed by atoms with Gasteiger partial charge >= 0.3 is 5.66 Å². The topological polar surface area (TPSA) is 25.8 Å².